The van der Waals surface area contributed by atoms with E-state index in [9.17, 15) is 0 Å². The zero-order chi connectivity index (χ0) is 14.4. The van der Waals surface area contributed by atoms with Gasteiger partial charge in [0, 0.05) is 38.5 Å². The number of nitrogens with zero attached hydrogens (tertiary/aromatic N) is 1. The van der Waals surface area contributed by atoms with Crippen LogP contribution in [0.4, 0.5) is 5.69 Å². The molecule has 0 aliphatic heterocycles. The summed E-state index contributed by atoms with van der Waals surface area (Å²) in [6.07, 6.45) is 5.84. The summed E-state index contributed by atoms with van der Waals surface area (Å²) in [4.78, 5) is 2.31. The second-order valence-electron chi connectivity index (χ2n) is 5.97. The van der Waals surface area contributed by atoms with Gasteiger partial charge in [-0.3, -0.25) is 0 Å². The number of hydrogen-bond acceptors (Lipinski definition) is 3. The van der Waals surface area contributed by atoms with E-state index < -0.39 is 0 Å². The number of benzene rings is 1. The molecule has 0 amide bonds. The highest BCUT2D eigenvalue weighted by Gasteiger charge is 2.20. The van der Waals surface area contributed by atoms with Crippen LogP contribution in [0.2, 0.25) is 0 Å². The van der Waals surface area contributed by atoms with Gasteiger partial charge in [-0.05, 0) is 62.3 Å². The molecule has 3 heteroatoms. The van der Waals surface area contributed by atoms with Gasteiger partial charge in [-0.25, -0.2) is 0 Å². The van der Waals surface area contributed by atoms with Crippen LogP contribution in [0.15, 0.2) is 18.2 Å². The SMILES string of the molecule is Cc1cc(N(C)CCCCCO)ccc1CNC1CC1. The third-order valence-electron chi connectivity index (χ3n) is 4.08. The zero-order valence-electron chi connectivity index (χ0n) is 12.9. The second-order valence-corrected chi connectivity index (χ2v) is 5.97. The maximum absolute atomic E-state index is 8.79. The van der Waals surface area contributed by atoms with Crippen LogP contribution in [0, 0.1) is 6.92 Å². The number of unbranched alkanes of at least 4 members (excludes halogenated alkanes) is 2. The highest BCUT2D eigenvalue weighted by molar-refractivity contribution is 5.50. The molecule has 0 saturated heterocycles. The lowest BCUT2D eigenvalue weighted by Crippen LogP contribution is -2.19. The number of aliphatic hydroxyl groups excluding tert-OH is 1. The van der Waals surface area contributed by atoms with E-state index in [1.807, 2.05) is 0 Å². The number of aryl methyl sites for hydroxylation is 1. The molecule has 0 radical (unpaired) electrons. The van der Waals surface area contributed by atoms with Crippen molar-refractivity contribution < 1.29 is 5.11 Å². The van der Waals surface area contributed by atoms with Gasteiger partial charge in [0.1, 0.15) is 0 Å². The van der Waals surface area contributed by atoms with E-state index >= 15 is 0 Å². The second kappa shape index (κ2) is 7.65. The van der Waals surface area contributed by atoms with Crippen LogP contribution in [-0.2, 0) is 6.54 Å². The third kappa shape index (κ3) is 4.80. The van der Waals surface area contributed by atoms with Gasteiger partial charge < -0.3 is 15.3 Å². The average molecular weight is 276 g/mol. The summed E-state index contributed by atoms with van der Waals surface area (Å²) in [6.45, 7) is 4.56. The lowest BCUT2D eigenvalue weighted by Gasteiger charge is -2.20. The normalized spacial score (nSPS) is 14.6. The minimum absolute atomic E-state index is 0.311. The molecule has 2 N–H and O–H groups in total. The summed E-state index contributed by atoms with van der Waals surface area (Å²) in [5.41, 5.74) is 4.08. The van der Waals surface area contributed by atoms with Crippen LogP contribution in [0.25, 0.3) is 0 Å². The monoisotopic (exact) mass is 276 g/mol. The summed E-state index contributed by atoms with van der Waals surface area (Å²) in [5.74, 6) is 0. The number of hydrogen-bond donors (Lipinski definition) is 2. The minimum atomic E-state index is 0.311. The molecule has 0 unspecified atom stereocenters. The Morgan fingerprint density at radius 3 is 2.70 bits per heavy atom. The molecule has 20 heavy (non-hydrogen) atoms. The molecule has 0 bridgehead atoms. The van der Waals surface area contributed by atoms with Gasteiger partial charge in [0.25, 0.3) is 0 Å². The Bertz CT molecular complexity index is 415. The molecule has 1 saturated carbocycles. The molecular weight excluding hydrogens is 248 g/mol. The van der Waals surface area contributed by atoms with Gasteiger partial charge in [-0.15, -0.1) is 0 Å². The minimum Gasteiger partial charge on any atom is -0.396 e. The molecule has 1 aliphatic carbocycles. The van der Waals surface area contributed by atoms with Crippen molar-refractivity contribution in [1.29, 1.82) is 0 Å². The standard InChI is InChI=1S/C17H28N2O/c1-14-12-17(19(2)10-4-3-5-11-20)9-6-15(14)13-18-16-7-8-16/h6,9,12,16,18,20H,3-5,7-8,10-11,13H2,1-2H3. The van der Waals surface area contributed by atoms with E-state index in [1.165, 1.54) is 29.7 Å². The number of nitrogens with one attached hydrogen (secondary N) is 1. The third-order valence-corrected chi connectivity index (χ3v) is 4.08. The van der Waals surface area contributed by atoms with Gasteiger partial charge in [0.2, 0.25) is 0 Å². The molecule has 1 aromatic carbocycles. The van der Waals surface area contributed by atoms with Crippen molar-refractivity contribution >= 4 is 5.69 Å². The molecule has 3 nitrogen and oxygen atoms in total. The van der Waals surface area contributed by atoms with Gasteiger partial charge >= 0.3 is 0 Å². The highest BCUT2D eigenvalue weighted by atomic mass is 16.2. The van der Waals surface area contributed by atoms with Crippen molar-refractivity contribution in [2.24, 2.45) is 0 Å². The summed E-state index contributed by atoms with van der Waals surface area (Å²) in [7, 11) is 2.15. The molecule has 0 spiro atoms. The Labute approximate surface area is 123 Å². The van der Waals surface area contributed by atoms with Crippen LogP contribution in [0.3, 0.4) is 0 Å². The number of rotatable bonds is 9. The zero-order valence-corrected chi connectivity index (χ0v) is 12.9. The fourth-order valence-corrected chi connectivity index (χ4v) is 2.42. The molecule has 0 heterocycles. The largest absolute Gasteiger partial charge is 0.396 e. The van der Waals surface area contributed by atoms with Crippen molar-refractivity contribution in [2.45, 2.75) is 51.6 Å². The van der Waals surface area contributed by atoms with Crippen molar-refractivity contribution in [3.8, 4) is 0 Å². The van der Waals surface area contributed by atoms with E-state index in [0.29, 0.717) is 6.61 Å². The summed E-state index contributed by atoms with van der Waals surface area (Å²) >= 11 is 0. The Hall–Kier alpha value is -1.06. The van der Waals surface area contributed by atoms with Crippen LogP contribution < -0.4 is 10.2 Å². The lowest BCUT2D eigenvalue weighted by molar-refractivity contribution is 0.283. The van der Waals surface area contributed by atoms with E-state index in [0.717, 1.165) is 38.4 Å². The van der Waals surface area contributed by atoms with Gasteiger partial charge in [-0.2, -0.15) is 0 Å². The van der Waals surface area contributed by atoms with E-state index in [4.69, 9.17) is 5.11 Å². The molecule has 0 aromatic heterocycles. The topological polar surface area (TPSA) is 35.5 Å². The Morgan fingerprint density at radius 2 is 2.05 bits per heavy atom. The first kappa shape index (κ1) is 15.3. The van der Waals surface area contributed by atoms with Crippen LogP contribution >= 0.6 is 0 Å². The van der Waals surface area contributed by atoms with Crippen molar-refractivity contribution in [3.05, 3.63) is 29.3 Å². The first-order chi connectivity index (χ1) is 9.70. The summed E-state index contributed by atoms with van der Waals surface area (Å²) in [5, 5.41) is 12.4. The smallest absolute Gasteiger partial charge is 0.0431 e. The number of anilines is 1. The van der Waals surface area contributed by atoms with E-state index in [1.54, 1.807) is 0 Å². The molecule has 1 fully saturated rings. The van der Waals surface area contributed by atoms with Gasteiger partial charge in [-0.1, -0.05) is 6.07 Å². The molecule has 112 valence electrons. The van der Waals surface area contributed by atoms with Gasteiger partial charge in [0.05, 0.1) is 0 Å². The Balaban J connectivity index is 1.83. The predicted molar refractivity (Wildman–Crippen MR) is 85.2 cm³/mol. The Morgan fingerprint density at radius 1 is 1.25 bits per heavy atom. The average Bonchev–Trinajstić information content (AvgIpc) is 3.26. The fourth-order valence-electron chi connectivity index (χ4n) is 2.42. The first-order valence-corrected chi connectivity index (χ1v) is 7.85. The van der Waals surface area contributed by atoms with Crippen LogP contribution in [0.1, 0.15) is 43.2 Å². The van der Waals surface area contributed by atoms with Crippen LogP contribution in [-0.4, -0.2) is 31.3 Å². The van der Waals surface area contributed by atoms with Crippen LogP contribution in [0.5, 0.6) is 0 Å². The van der Waals surface area contributed by atoms with Crippen molar-refractivity contribution in [3.63, 3.8) is 0 Å². The molecule has 0 atom stereocenters. The van der Waals surface area contributed by atoms with E-state index in [-0.39, 0.29) is 0 Å². The quantitative estimate of drug-likeness (QED) is 0.681. The summed E-state index contributed by atoms with van der Waals surface area (Å²) < 4.78 is 0. The maximum Gasteiger partial charge on any atom is 0.0431 e. The van der Waals surface area contributed by atoms with E-state index in [2.05, 4.69) is 42.4 Å². The predicted octanol–water partition coefficient (Wildman–Crippen LogP) is 2.85. The maximum atomic E-state index is 8.79. The molecule has 1 aliphatic rings. The highest BCUT2D eigenvalue weighted by Crippen LogP contribution is 2.22. The molecular formula is C17H28N2O. The van der Waals surface area contributed by atoms with Gasteiger partial charge in [0.15, 0.2) is 0 Å². The Kier molecular flexibility index (Phi) is 5.86. The molecule has 2 rings (SSSR count). The lowest BCUT2D eigenvalue weighted by atomic mass is 10.1. The number of aliphatic hydroxyl groups is 1. The van der Waals surface area contributed by atoms with Crippen molar-refractivity contribution in [2.75, 3.05) is 25.1 Å². The first-order valence-electron chi connectivity index (χ1n) is 7.85. The summed E-state index contributed by atoms with van der Waals surface area (Å²) in [6, 6.07) is 7.53. The van der Waals surface area contributed by atoms with Crippen molar-refractivity contribution in [1.82, 2.24) is 5.32 Å². The fraction of sp³-hybridized carbons (Fsp3) is 0.647. The molecule has 1 aromatic rings.